The molecule has 0 saturated heterocycles. The monoisotopic (exact) mass is 380 g/mol. The second kappa shape index (κ2) is 6.70. The fourth-order valence-electron chi connectivity index (χ4n) is 4.20. The van der Waals surface area contributed by atoms with Crippen LogP contribution in [0.4, 0.5) is 17.1 Å². The smallest absolute Gasteiger partial charge is 0.272 e. The molecule has 2 aromatic rings. The molecule has 3 atom stereocenters. The third-order valence-corrected chi connectivity index (χ3v) is 6.05. The average molecular weight is 380 g/mol. The fourth-order valence-corrected chi connectivity index (χ4v) is 4.20. The second-order valence-corrected chi connectivity index (χ2v) is 7.75. The van der Waals surface area contributed by atoms with Crippen molar-refractivity contribution >= 4 is 22.8 Å². The van der Waals surface area contributed by atoms with Gasteiger partial charge in [0.15, 0.2) is 0 Å². The van der Waals surface area contributed by atoms with Gasteiger partial charge < -0.3 is 0 Å². The van der Waals surface area contributed by atoms with Gasteiger partial charge in [-0.1, -0.05) is 37.3 Å². The van der Waals surface area contributed by atoms with Crippen LogP contribution < -0.4 is 5.43 Å². The van der Waals surface area contributed by atoms with Gasteiger partial charge in [0.1, 0.15) is 5.69 Å². The summed E-state index contributed by atoms with van der Waals surface area (Å²) < 4.78 is 0. The van der Waals surface area contributed by atoms with Crippen molar-refractivity contribution < 1.29 is 9.85 Å². The van der Waals surface area contributed by atoms with Crippen molar-refractivity contribution in [2.75, 3.05) is 5.43 Å². The summed E-state index contributed by atoms with van der Waals surface area (Å²) in [6.07, 6.45) is 2.99. The lowest BCUT2D eigenvalue weighted by Crippen LogP contribution is -2.25. The number of anilines is 1. The highest BCUT2D eigenvalue weighted by Crippen LogP contribution is 2.62. The molecule has 2 saturated carbocycles. The largest absolute Gasteiger partial charge is 0.301 e. The minimum atomic E-state index is -0.649. The van der Waals surface area contributed by atoms with Crippen LogP contribution in [0.25, 0.3) is 0 Å². The van der Waals surface area contributed by atoms with Gasteiger partial charge in [0.2, 0.25) is 0 Å². The van der Waals surface area contributed by atoms with E-state index in [1.54, 1.807) is 0 Å². The molecule has 1 N–H and O–H groups in total. The van der Waals surface area contributed by atoms with Gasteiger partial charge in [-0.3, -0.25) is 25.7 Å². The molecule has 0 spiro atoms. The number of nitrogens with one attached hydrogen (secondary N) is 1. The molecule has 2 fully saturated rings. The highest BCUT2D eigenvalue weighted by molar-refractivity contribution is 5.95. The van der Waals surface area contributed by atoms with Crippen LogP contribution in [0.5, 0.6) is 0 Å². The number of hydrazone groups is 1. The zero-order chi connectivity index (χ0) is 19.9. The minimum Gasteiger partial charge on any atom is -0.272 e. The number of nitrogens with zero attached hydrogens (tertiary/aromatic N) is 3. The lowest BCUT2D eigenvalue weighted by Gasteiger charge is -2.28. The van der Waals surface area contributed by atoms with E-state index in [2.05, 4.69) is 29.6 Å². The maximum atomic E-state index is 11.3. The number of rotatable bonds is 5. The maximum absolute atomic E-state index is 11.3. The first-order valence-electron chi connectivity index (χ1n) is 9.19. The molecule has 0 aromatic heterocycles. The summed E-state index contributed by atoms with van der Waals surface area (Å²) in [7, 11) is 0. The standard InChI is InChI=1S/C20H20N4O4/c1-20-12-15(20)9-14(13-5-3-2-4-6-13)10-19(20)22-21-17-8-7-16(23(25)26)11-18(17)24(27)28/h2-8,11,14-15,21H,9-10,12H2,1H3/b22-19-/t14-,15?,20+/m1/s1. The molecular formula is C20H20N4O4. The molecule has 0 amide bonds. The van der Waals surface area contributed by atoms with Crippen molar-refractivity contribution in [1.82, 2.24) is 0 Å². The highest BCUT2D eigenvalue weighted by Gasteiger charge is 2.57. The van der Waals surface area contributed by atoms with Gasteiger partial charge in [0.05, 0.1) is 15.9 Å². The van der Waals surface area contributed by atoms with Crippen molar-refractivity contribution in [3.8, 4) is 0 Å². The summed E-state index contributed by atoms with van der Waals surface area (Å²) in [6, 6.07) is 13.9. The summed E-state index contributed by atoms with van der Waals surface area (Å²) in [5, 5.41) is 26.7. The summed E-state index contributed by atoms with van der Waals surface area (Å²) in [4.78, 5) is 20.9. The van der Waals surface area contributed by atoms with Crippen LogP contribution in [0.2, 0.25) is 0 Å². The predicted octanol–water partition coefficient (Wildman–Crippen LogP) is 4.87. The van der Waals surface area contributed by atoms with Crippen LogP contribution in [0.1, 0.15) is 37.7 Å². The summed E-state index contributed by atoms with van der Waals surface area (Å²) in [5.74, 6) is 0.952. The van der Waals surface area contributed by atoms with E-state index in [1.807, 2.05) is 18.2 Å². The number of fused-ring (bicyclic) bond motifs is 1. The van der Waals surface area contributed by atoms with Crippen molar-refractivity contribution in [3.63, 3.8) is 0 Å². The van der Waals surface area contributed by atoms with Crippen LogP contribution in [-0.4, -0.2) is 15.6 Å². The summed E-state index contributed by atoms with van der Waals surface area (Å²) >= 11 is 0. The molecule has 0 aliphatic heterocycles. The molecular weight excluding hydrogens is 360 g/mol. The maximum Gasteiger partial charge on any atom is 0.301 e. The summed E-state index contributed by atoms with van der Waals surface area (Å²) in [6.45, 7) is 2.18. The van der Waals surface area contributed by atoms with Gasteiger partial charge in [0.25, 0.3) is 5.69 Å². The Morgan fingerprint density at radius 1 is 1.11 bits per heavy atom. The van der Waals surface area contributed by atoms with Crippen LogP contribution in [0.15, 0.2) is 53.6 Å². The third-order valence-electron chi connectivity index (χ3n) is 6.05. The fraction of sp³-hybridized carbons (Fsp3) is 0.350. The molecule has 2 aliphatic rings. The Balaban J connectivity index is 1.60. The Kier molecular flexibility index (Phi) is 4.33. The van der Waals surface area contributed by atoms with E-state index >= 15 is 0 Å². The van der Waals surface area contributed by atoms with Crippen LogP contribution >= 0.6 is 0 Å². The van der Waals surface area contributed by atoms with Gasteiger partial charge in [-0.2, -0.15) is 5.10 Å². The van der Waals surface area contributed by atoms with E-state index < -0.39 is 9.85 Å². The lowest BCUT2D eigenvalue weighted by molar-refractivity contribution is -0.393. The molecule has 8 heteroatoms. The molecule has 0 radical (unpaired) electrons. The van der Waals surface area contributed by atoms with Gasteiger partial charge >= 0.3 is 5.69 Å². The minimum absolute atomic E-state index is 0.0356. The zero-order valence-corrected chi connectivity index (χ0v) is 15.4. The van der Waals surface area contributed by atoms with Crippen LogP contribution in [-0.2, 0) is 0 Å². The van der Waals surface area contributed by atoms with Crippen molar-refractivity contribution in [2.24, 2.45) is 16.4 Å². The molecule has 0 bridgehead atoms. The van der Waals surface area contributed by atoms with Gasteiger partial charge in [-0.25, -0.2) is 0 Å². The number of nitro benzene ring substituents is 2. The molecule has 28 heavy (non-hydrogen) atoms. The van der Waals surface area contributed by atoms with Gasteiger partial charge in [-0.05, 0) is 42.7 Å². The first-order chi connectivity index (χ1) is 13.4. The number of non-ortho nitro benzene ring substituents is 1. The molecule has 2 aromatic carbocycles. The zero-order valence-electron chi connectivity index (χ0n) is 15.4. The van der Waals surface area contributed by atoms with Crippen molar-refractivity contribution in [2.45, 2.75) is 32.1 Å². The highest BCUT2D eigenvalue weighted by atomic mass is 16.6. The van der Waals surface area contributed by atoms with E-state index in [4.69, 9.17) is 0 Å². The van der Waals surface area contributed by atoms with E-state index in [1.165, 1.54) is 17.7 Å². The normalized spacial score (nSPS) is 27.1. The molecule has 8 nitrogen and oxygen atoms in total. The van der Waals surface area contributed by atoms with Crippen molar-refractivity contribution in [3.05, 3.63) is 74.3 Å². The molecule has 2 aliphatic carbocycles. The first-order valence-corrected chi connectivity index (χ1v) is 9.19. The molecule has 0 heterocycles. The summed E-state index contributed by atoms with van der Waals surface area (Å²) in [5.41, 5.74) is 4.62. The Labute approximate surface area is 161 Å². The lowest BCUT2D eigenvalue weighted by atomic mass is 9.78. The van der Waals surface area contributed by atoms with Crippen molar-refractivity contribution in [1.29, 1.82) is 0 Å². The topological polar surface area (TPSA) is 111 Å². The molecule has 144 valence electrons. The number of nitro groups is 2. The number of hydrogen-bond donors (Lipinski definition) is 1. The molecule has 1 unspecified atom stereocenters. The van der Waals surface area contributed by atoms with Crippen LogP contribution in [0.3, 0.4) is 0 Å². The van der Waals surface area contributed by atoms with E-state index in [0.717, 1.165) is 31.0 Å². The van der Waals surface area contributed by atoms with E-state index in [-0.39, 0.29) is 22.5 Å². The Morgan fingerprint density at radius 3 is 2.54 bits per heavy atom. The Hall–Kier alpha value is -3.29. The predicted molar refractivity (Wildman–Crippen MR) is 105 cm³/mol. The Bertz CT molecular complexity index is 975. The average Bonchev–Trinajstić information content (AvgIpc) is 3.37. The number of hydrogen-bond acceptors (Lipinski definition) is 6. The van der Waals surface area contributed by atoms with Gasteiger partial charge in [0, 0.05) is 17.2 Å². The Morgan fingerprint density at radius 2 is 1.86 bits per heavy atom. The SMILES string of the molecule is C[C@]12CC1C[C@@H](c1ccccc1)C/C2=N/Nc1ccc([N+](=O)[O-])cc1[N+](=O)[O-]. The third kappa shape index (κ3) is 3.21. The quantitative estimate of drug-likeness (QED) is 0.587. The van der Waals surface area contributed by atoms with Gasteiger partial charge in [-0.15, -0.1) is 0 Å². The number of benzene rings is 2. The molecule has 4 rings (SSSR count). The van der Waals surface area contributed by atoms with E-state index in [0.29, 0.717) is 11.8 Å². The first kappa shape index (κ1) is 18.1. The van der Waals surface area contributed by atoms with E-state index in [9.17, 15) is 20.2 Å². The van der Waals surface area contributed by atoms with Crippen LogP contribution in [0, 0.1) is 31.6 Å². The second-order valence-electron chi connectivity index (χ2n) is 7.75.